The number of aromatic nitrogens is 1. The molecular weight excluding hydrogens is 335 g/mol. The molecule has 0 bridgehead atoms. The number of thiocarbonyl (C=S) groups is 1. The summed E-state index contributed by atoms with van der Waals surface area (Å²) in [4.78, 5) is 6.91. The van der Waals surface area contributed by atoms with Crippen LogP contribution >= 0.6 is 12.2 Å². The van der Waals surface area contributed by atoms with Crippen molar-refractivity contribution < 1.29 is 4.39 Å². The molecule has 0 aliphatic carbocycles. The highest BCUT2D eigenvalue weighted by atomic mass is 32.1. The molecule has 1 aliphatic rings. The fraction of sp³-hybridized carbons (Fsp3) is 0.368. The lowest BCUT2D eigenvalue weighted by atomic mass is 10.2. The maximum Gasteiger partial charge on any atom is 0.171 e. The smallest absolute Gasteiger partial charge is 0.171 e. The SMILES string of the molecule is Fc1ccc(CNC(=S)Nc2ccc(N3CCCCCC3)nc2)cc1. The Morgan fingerprint density at radius 3 is 2.40 bits per heavy atom. The second kappa shape index (κ2) is 8.76. The number of hydrogen-bond donors (Lipinski definition) is 2. The van der Waals surface area contributed by atoms with Gasteiger partial charge in [0.15, 0.2) is 5.11 Å². The number of pyridine rings is 1. The zero-order valence-electron chi connectivity index (χ0n) is 14.2. The molecule has 1 aliphatic heterocycles. The second-order valence-corrected chi connectivity index (χ2v) is 6.65. The van der Waals surface area contributed by atoms with Crippen molar-refractivity contribution in [1.82, 2.24) is 10.3 Å². The van der Waals surface area contributed by atoms with Crippen LogP contribution in [-0.2, 0) is 6.54 Å². The van der Waals surface area contributed by atoms with Crippen molar-refractivity contribution in [2.24, 2.45) is 0 Å². The van der Waals surface area contributed by atoms with Gasteiger partial charge in [-0.05, 0) is 54.9 Å². The first kappa shape index (κ1) is 17.6. The molecule has 1 fully saturated rings. The largest absolute Gasteiger partial charge is 0.358 e. The number of anilines is 2. The van der Waals surface area contributed by atoms with E-state index in [1.807, 2.05) is 18.3 Å². The average Bonchev–Trinajstić information content (AvgIpc) is 2.91. The van der Waals surface area contributed by atoms with Crippen LogP contribution in [0.25, 0.3) is 0 Å². The van der Waals surface area contributed by atoms with Crippen molar-refractivity contribution in [3.63, 3.8) is 0 Å². The molecule has 0 unspecified atom stereocenters. The van der Waals surface area contributed by atoms with Crippen LogP contribution in [0.2, 0.25) is 0 Å². The molecule has 0 spiro atoms. The van der Waals surface area contributed by atoms with Crippen LogP contribution < -0.4 is 15.5 Å². The third-order valence-electron chi connectivity index (χ3n) is 4.30. The summed E-state index contributed by atoms with van der Waals surface area (Å²) in [5, 5.41) is 6.77. The maximum absolute atomic E-state index is 12.9. The molecule has 2 heterocycles. The Morgan fingerprint density at radius 2 is 1.76 bits per heavy atom. The minimum Gasteiger partial charge on any atom is -0.358 e. The van der Waals surface area contributed by atoms with Crippen molar-refractivity contribution in [1.29, 1.82) is 0 Å². The van der Waals surface area contributed by atoms with E-state index in [2.05, 4.69) is 20.5 Å². The van der Waals surface area contributed by atoms with Crippen molar-refractivity contribution in [2.75, 3.05) is 23.3 Å². The van der Waals surface area contributed by atoms with Crippen LogP contribution in [0.1, 0.15) is 31.2 Å². The molecule has 2 aromatic rings. The van der Waals surface area contributed by atoms with Crippen LogP contribution in [0.4, 0.5) is 15.9 Å². The quantitative estimate of drug-likeness (QED) is 0.806. The molecule has 1 saturated heterocycles. The highest BCUT2D eigenvalue weighted by Gasteiger charge is 2.10. The monoisotopic (exact) mass is 358 g/mol. The van der Waals surface area contributed by atoms with Crippen LogP contribution in [0.15, 0.2) is 42.6 Å². The molecular formula is C19H23FN4S. The third kappa shape index (κ3) is 5.39. The van der Waals surface area contributed by atoms with E-state index in [4.69, 9.17) is 12.2 Å². The molecule has 3 rings (SSSR count). The van der Waals surface area contributed by atoms with E-state index in [0.717, 1.165) is 30.2 Å². The topological polar surface area (TPSA) is 40.2 Å². The van der Waals surface area contributed by atoms with Crippen molar-refractivity contribution in [3.8, 4) is 0 Å². The number of hydrogen-bond acceptors (Lipinski definition) is 3. The summed E-state index contributed by atoms with van der Waals surface area (Å²) in [6, 6.07) is 10.4. The number of benzene rings is 1. The Balaban J connectivity index is 1.50. The van der Waals surface area contributed by atoms with E-state index in [0.29, 0.717) is 11.7 Å². The van der Waals surface area contributed by atoms with Gasteiger partial charge >= 0.3 is 0 Å². The highest BCUT2D eigenvalue weighted by Crippen LogP contribution is 2.18. The summed E-state index contributed by atoms with van der Waals surface area (Å²) in [6.45, 7) is 2.71. The first-order valence-corrected chi connectivity index (χ1v) is 9.12. The fourth-order valence-electron chi connectivity index (χ4n) is 2.91. The number of nitrogens with zero attached hydrogens (tertiary/aromatic N) is 2. The number of halogens is 1. The fourth-order valence-corrected chi connectivity index (χ4v) is 3.10. The van der Waals surface area contributed by atoms with Gasteiger partial charge in [0.05, 0.1) is 11.9 Å². The molecule has 1 aromatic heterocycles. The van der Waals surface area contributed by atoms with Gasteiger partial charge < -0.3 is 15.5 Å². The summed E-state index contributed by atoms with van der Waals surface area (Å²) < 4.78 is 12.9. The van der Waals surface area contributed by atoms with Crippen molar-refractivity contribution in [3.05, 3.63) is 54.0 Å². The van der Waals surface area contributed by atoms with Gasteiger partial charge in [-0.15, -0.1) is 0 Å². The molecule has 0 atom stereocenters. The second-order valence-electron chi connectivity index (χ2n) is 6.24. The van der Waals surface area contributed by atoms with E-state index < -0.39 is 0 Å². The van der Waals surface area contributed by atoms with Crippen LogP contribution in [0.3, 0.4) is 0 Å². The number of nitrogens with one attached hydrogen (secondary N) is 2. The van der Waals surface area contributed by atoms with Crippen LogP contribution in [0, 0.1) is 5.82 Å². The molecule has 0 amide bonds. The Hall–Kier alpha value is -2.21. The van der Waals surface area contributed by atoms with Crippen LogP contribution in [-0.4, -0.2) is 23.2 Å². The van der Waals surface area contributed by atoms with Crippen molar-refractivity contribution >= 4 is 28.8 Å². The van der Waals surface area contributed by atoms with E-state index in [9.17, 15) is 4.39 Å². The zero-order valence-corrected chi connectivity index (χ0v) is 15.0. The van der Waals surface area contributed by atoms with Gasteiger partial charge in [0, 0.05) is 19.6 Å². The van der Waals surface area contributed by atoms with Gasteiger partial charge in [-0.25, -0.2) is 9.37 Å². The minimum atomic E-state index is -0.236. The summed E-state index contributed by atoms with van der Waals surface area (Å²) in [6.07, 6.45) is 6.90. The minimum absolute atomic E-state index is 0.236. The normalized spacial score (nSPS) is 14.7. The van der Waals surface area contributed by atoms with Gasteiger partial charge in [0.1, 0.15) is 11.6 Å². The Labute approximate surface area is 153 Å². The molecule has 25 heavy (non-hydrogen) atoms. The van der Waals surface area contributed by atoms with Crippen molar-refractivity contribution in [2.45, 2.75) is 32.2 Å². The Bertz CT molecular complexity index is 680. The van der Waals surface area contributed by atoms with Crippen LogP contribution in [0.5, 0.6) is 0 Å². The van der Waals surface area contributed by atoms with Gasteiger partial charge in [0.25, 0.3) is 0 Å². The molecule has 4 nitrogen and oxygen atoms in total. The maximum atomic E-state index is 12.9. The molecule has 1 aromatic carbocycles. The predicted molar refractivity (Wildman–Crippen MR) is 104 cm³/mol. The summed E-state index contributed by atoms with van der Waals surface area (Å²) >= 11 is 5.30. The lowest BCUT2D eigenvalue weighted by molar-refractivity contribution is 0.627. The third-order valence-corrected chi connectivity index (χ3v) is 4.55. The molecule has 6 heteroatoms. The number of rotatable bonds is 4. The Kier molecular flexibility index (Phi) is 6.17. The highest BCUT2D eigenvalue weighted by molar-refractivity contribution is 7.80. The molecule has 2 N–H and O–H groups in total. The lowest BCUT2D eigenvalue weighted by Crippen LogP contribution is -2.28. The summed E-state index contributed by atoms with van der Waals surface area (Å²) in [5.41, 5.74) is 1.83. The van der Waals surface area contributed by atoms with Gasteiger partial charge in [-0.3, -0.25) is 0 Å². The lowest BCUT2D eigenvalue weighted by Gasteiger charge is -2.21. The molecule has 0 radical (unpaired) electrons. The summed E-state index contributed by atoms with van der Waals surface area (Å²) in [5.74, 6) is 0.790. The molecule has 132 valence electrons. The van der Waals surface area contributed by atoms with E-state index >= 15 is 0 Å². The zero-order chi connectivity index (χ0) is 17.5. The standard InChI is InChI=1S/C19H23FN4S/c20-16-7-5-15(6-8-16)13-22-19(25)23-17-9-10-18(21-14-17)24-11-3-1-2-4-12-24/h5-10,14H,1-4,11-13H2,(H2,22,23,25). The summed E-state index contributed by atoms with van der Waals surface area (Å²) in [7, 11) is 0. The van der Waals surface area contributed by atoms with Gasteiger partial charge in [-0.1, -0.05) is 25.0 Å². The first-order chi connectivity index (χ1) is 12.2. The van der Waals surface area contributed by atoms with E-state index in [1.165, 1.54) is 37.8 Å². The first-order valence-electron chi connectivity index (χ1n) is 8.71. The van der Waals surface area contributed by atoms with E-state index in [1.54, 1.807) is 12.1 Å². The predicted octanol–water partition coefficient (Wildman–Crippen LogP) is 4.09. The molecule has 0 saturated carbocycles. The average molecular weight is 358 g/mol. The van der Waals surface area contributed by atoms with Gasteiger partial charge in [-0.2, -0.15) is 0 Å². The van der Waals surface area contributed by atoms with E-state index in [-0.39, 0.29) is 5.82 Å². The van der Waals surface area contributed by atoms with Gasteiger partial charge in [0.2, 0.25) is 0 Å². The Morgan fingerprint density at radius 1 is 1.04 bits per heavy atom.